The molecule has 1 aliphatic heterocycles. The zero-order valence-electron chi connectivity index (χ0n) is 23.9. The molecule has 2 aromatic rings. The number of nitrogens with zero attached hydrogens (tertiary/aromatic N) is 1. The Hall–Kier alpha value is -3.09. The molecule has 0 atom stereocenters. The Morgan fingerprint density at radius 3 is 1.98 bits per heavy atom. The van der Waals surface area contributed by atoms with Crippen molar-refractivity contribution in [3.63, 3.8) is 0 Å². The second kappa shape index (κ2) is 11.0. The van der Waals surface area contributed by atoms with E-state index in [2.05, 4.69) is 27.7 Å². The van der Waals surface area contributed by atoms with Crippen LogP contribution in [0, 0.1) is 10.8 Å². The fraction of sp³-hybridized carbons (Fsp3) is 0.424. The molecular formula is C33H35Cl2NO5. The number of hydrogen-bond donors (Lipinski definition) is 1. The standard InChI is InChI=1S/C33H35Cl2NO5/c1-32(2)14-23-30(25(37)16-32)29(31-24(36(23)12-11-28(39)40)15-33(3,4)17-26(31)38)20-7-10-27(22(35)13-20)41-18-19-5-8-21(34)9-6-19/h5-10,13,29H,11-12,14-18H2,1-4H3,(H,39,40). The van der Waals surface area contributed by atoms with Gasteiger partial charge in [-0.2, -0.15) is 0 Å². The summed E-state index contributed by atoms with van der Waals surface area (Å²) in [5.74, 6) is -0.994. The lowest BCUT2D eigenvalue weighted by Gasteiger charge is -2.49. The van der Waals surface area contributed by atoms with Crippen molar-refractivity contribution in [1.29, 1.82) is 0 Å². The van der Waals surface area contributed by atoms with E-state index in [9.17, 15) is 19.5 Å². The predicted octanol–water partition coefficient (Wildman–Crippen LogP) is 7.73. The predicted molar refractivity (Wildman–Crippen MR) is 159 cm³/mol. The van der Waals surface area contributed by atoms with Gasteiger partial charge in [-0.15, -0.1) is 0 Å². The Balaban J connectivity index is 1.59. The maximum absolute atomic E-state index is 13.9. The van der Waals surface area contributed by atoms with Crippen LogP contribution in [0.5, 0.6) is 5.75 Å². The summed E-state index contributed by atoms with van der Waals surface area (Å²) in [6.07, 6.45) is 1.85. The third kappa shape index (κ3) is 6.09. The van der Waals surface area contributed by atoms with Crippen LogP contribution in [0.15, 0.2) is 65.0 Å². The molecule has 0 unspecified atom stereocenters. The lowest BCUT2D eigenvalue weighted by molar-refractivity contribution is -0.137. The number of carbonyl (C=O) groups is 3. The van der Waals surface area contributed by atoms with Crippen molar-refractivity contribution in [2.24, 2.45) is 10.8 Å². The fourth-order valence-electron chi connectivity index (χ4n) is 6.41. The van der Waals surface area contributed by atoms with Gasteiger partial charge >= 0.3 is 5.97 Å². The number of Topliss-reactive ketones (excluding diaryl/α,β-unsaturated/α-hetero) is 2. The average Bonchev–Trinajstić information content (AvgIpc) is 2.85. The number of carboxylic acids is 1. The summed E-state index contributed by atoms with van der Waals surface area (Å²) in [4.78, 5) is 41.3. The molecule has 1 N–H and O–H groups in total. The maximum atomic E-state index is 13.9. The summed E-state index contributed by atoms with van der Waals surface area (Å²) in [5, 5.41) is 10.6. The highest BCUT2D eigenvalue weighted by molar-refractivity contribution is 6.32. The summed E-state index contributed by atoms with van der Waals surface area (Å²) in [6.45, 7) is 8.76. The van der Waals surface area contributed by atoms with Gasteiger partial charge in [0, 0.05) is 52.9 Å². The smallest absolute Gasteiger partial charge is 0.305 e. The number of ether oxygens (including phenoxy) is 1. The number of hydrogen-bond acceptors (Lipinski definition) is 5. The van der Waals surface area contributed by atoms with Crippen LogP contribution in [0.2, 0.25) is 10.0 Å². The molecule has 3 aliphatic rings. The summed E-state index contributed by atoms with van der Waals surface area (Å²) >= 11 is 12.7. The molecule has 0 amide bonds. The molecule has 5 rings (SSSR count). The van der Waals surface area contributed by atoms with Crippen LogP contribution in [0.3, 0.4) is 0 Å². The van der Waals surface area contributed by atoms with E-state index >= 15 is 0 Å². The number of aliphatic carboxylic acids is 1. The number of carbonyl (C=O) groups excluding carboxylic acids is 2. The molecule has 2 aromatic carbocycles. The number of rotatable bonds is 7. The Morgan fingerprint density at radius 1 is 0.902 bits per heavy atom. The van der Waals surface area contributed by atoms with Crippen molar-refractivity contribution in [3.05, 3.63) is 86.2 Å². The topological polar surface area (TPSA) is 83.9 Å². The molecule has 0 saturated heterocycles. The number of halogens is 2. The lowest BCUT2D eigenvalue weighted by atomic mass is 9.63. The van der Waals surface area contributed by atoms with Gasteiger partial charge in [-0.3, -0.25) is 14.4 Å². The van der Waals surface area contributed by atoms with Crippen molar-refractivity contribution in [2.45, 2.75) is 72.3 Å². The lowest BCUT2D eigenvalue weighted by Crippen LogP contribution is -2.45. The van der Waals surface area contributed by atoms with Crippen molar-refractivity contribution in [2.75, 3.05) is 6.54 Å². The zero-order valence-corrected chi connectivity index (χ0v) is 25.4. The summed E-state index contributed by atoms with van der Waals surface area (Å²) < 4.78 is 5.99. The Bertz CT molecular complexity index is 1430. The van der Waals surface area contributed by atoms with Gasteiger partial charge in [-0.05, 0) is 59.1 Å². The molecule has 8 heteroatoms. The maximum Gasteiger partial charge on any atom is 0.305 e. The largest absolute Gasteiger partial charge is 0.487 e. The fourth-order valence-corrected chi connectivity index (χ4v) is 6.78. The number of benzene rings is 2. The van der Waals surface area contributed by atoms with Crippen LogP contribution in [0.4, 0.5) is 0 Å². The van der Waals surface area contributed by atoms with Crippen LogP contribution >= 0.6 is 23.2 Å². The summed E-state index contributed by atoms with van der Waals surface area (Å²) in [7, 11) is 0. The minimum atomic E-state index is -0.916. The van der Waals surface area contributed by atoms with Gasteiger partial charge in [-0.1, -0.05) is 69.1 Å². The minimum Gasteiger partial charge on any atom is -0.487 e. The normalized spacial score (nSPS) is 20.2. The SMILES string of the molecule is CC1(C)CC(=O)C2=C(C1)N(CCC(=O)O)C1=C(C(=O)CC(C)(C)C1)C2c1ccc(OCc2ccc(Cl)cc2)c(Cl)c1. The molecule has 1 heterocycles. The van der Waals surface area contributed by atoms with Gasteiger partial charge < -0.3 is 14.7 Å². The second-order valence-corrected chi connectivity index (χ2v) is 13.8. The Morgan fingerprint density at radius 2 is 1.46 bits per heavy atom. The monoisotopic (exact) mass is 595 g/mol. The van der Waals surface area contributed by atoms with Gasteiger partial charge in [0.1, 0.15) is 12.4 Å². The van der Waals surface area contributed by atoms with Crippen LogP contribution in [-0.4, -0.2) is 34.1 Å². The third-order valence-corrected chi connectivity index (χ3v) is 8.72. The first-order valence-electron chi connectivity index (χ1n) is 13.9. The molecule has 2 aliphatic carbocycles. The summed E-state index contributed by atoms with van der Waals surface area (Å²) in [6, 6.07) is 12.8. The van der Waals surface area contributed by atoms with Crippen molar-refractivity contribution in [3.8, 4) is 5.75 Å². The first kappa shape index (κ1) is 29.4. The Kier molecular flexibility index (Phi) is 7.86. The van der Waals surface area contributed by atoms with Crippen LogP contribution in [0.1, 0.15) is 76.8 Å². The van der Waals surface area contributed by atoms with E-state index in [4.69, 9.17) is 27.9 Å². The van der Waals surface area contributed by atoms with E-state index in [0.717, 1.165) is 22.5 Å². The van der Waals surface area contributed by atoms with Crippen molar-refractivity contribution < 1.29 is 24.2 Å². The summed E-state index contributed by atoms with van der Waals surface area (Å²) in [5.41, 5.74) is 3.98. The van der Waals surface area contributed by atoms with Gasteiger partial charge in [0.2, 0.25) is 0 Å². The first-order valence-corrected chi connectivity index (χ1v) is 14.7. The molecule has 41 heavy (non-hydrogen) atoms. The van der Waals surface area contributed by atoms with E-state index < -0.39 is 11.9 Å². The second-order valence-electron chi connectivity index (χ2n) is 12.9. The zero-order chi connectivity index (χ0) is 29.7. The van der Waals surface area contributed by atoms with Crippen molar-refractivity contribution in [1.82, 2.24) is 4.90 Å². The molecule has 0 spiro atoms. The van der Waals surface area contributed by atoms with Gasteiger partial charge in [0.25, 0.3) is 0 Å². The molecule has 216 valence electrons. The molecule has 6 nitrogen and oxygen atoms in total. The quantitative estimate of drug-likeness (QED) is 0.352. The average molecular weight is 597 g/mol. The van der Waals surface area contributed by atoms with Crippen LogP contribution in [0.25, 0.3) is 0 Å². The van der Waals surface area contributed by atoms with Crippen molar-refractivity contribution >= 4 is 40.7 Å². The first-order chi connectivity index (χ1) is 19.2. The number of allylic oxidation sites excluding steroid dienone is 4. The molecule has 0 aromatic heterocycles. The van der Waals surface area contributed by atoms with Crippen LogP contribution < -0.4 is 4.74 Å². The number of ketones is 2. The Labute approximate surface area is 251 Å². The van der Waals surface area contributed by atoms with Gasteiger partial charge in [0.05, 0.1) is 11.4 Å². The number of carboxylic acid groups (broad SMARTS) is 1. The molecule has 0 radical (unpaired) electrons. The highest BCUT2D eigenvalue weighted by Gasteiger charge is 2.49. The van der Waals surface area contributed by atoms with Gasteiger partial charge in [0.15, 0.2) is 11.6 Å². The van der Waals surface area contributed by atoms with E-state index in [1.165, 1.54) is 0 Å². The highest BCUT2D eigenvalue weighted by atomic mass is 35.5. The van der Waals surface area contributed by atoms with E-state index in [-0.39, 0.29) is 35.4 Å². The molecule has 0 saturated carbocycles. The molecule has 0 fully saturated rings. The van der Waals surface area contributed by atoms with E-state index in [1.54, 1.807) is 24.3 Å². The highest BCUT2D eigenvalue weighted by Crippen LogP contribution is 2.54. The van der Waals surface area contributed by atoms with E-state index in [0.29, 0.717) is 59.2 Å². The minimum absolute atomic E-state index is 0.00931. The van der Waals surface area contributed by atoms with Crippen LogP contribution in [-0.2, 0) is 21.0 Å². The van der Waals surface area contributed by atoms with E-state index in [1.807, 2.05) is 23.1 Å². The molecule has 0 bridgehead atoms. The molecular weight excluding hydrogens is 561 g/mol. The van der Waals surface area contributed by atoms with Gasteiger partial charge in [-0.25, -0.2) is 0 Å². The third-order valence-electron chi connectivity index (χ3n) is 8.17.